The number of nitrogen functional groups attached to an aromatic ring is 1. The smallest absolute Gasteiger partial charge is 0.300 e. The normalized spacial score (nSPS) is 25.1. The predicted octanol–water partition coefficient (Wildman–Crippen LogP) is 0.492. The van der Waals surface area contributed by atoms with E-state index in [0.29, 0.717) is 6.54 Å². The fourth-order valence-electron chi connectivity index (χ4n) is 2.29. The summed E-state index contributed by atoms with van der Waals surface area (Å²) in [6.07, 6.45) is 0.436. The van der Waals surface area contributed by atoms with E-state index in [-0.39, 0.29) is 18.0 Å². The Morgan fingerprint density at radius 1 is 1.44 bits per heavy atom. The van der Waals surface area contributed by atoms with Crippen LogP contribution in [0.25, 0.3) is 0 Å². The van der Waals surface area contributed by atoms with E-state index in [1.165, 1.54) is 0 Å². The fraction of sp³-hybridized carbons (Fsp3) is 0.583. The second kappa shape index (κ2) is 5.51. The number of furan rings is 1. The first-order chi connectivity index (χ1) is 8.58. The van der Waals surface area contributed by atoms with E-state index in [2.05, 4.69) is 18.7 Å². The third-order valence-corrected chi connectivity index (χ3v) is 2.89. The molecule has 6 nitrogen and oxygen atoms in total. The van der Waals surface area contributed by atoms with Gasteiger partial charge in [-0.2, -0.15) is 0 Å². The van der Waals surface area contributed by atoms with Crippen LogP contribution < -0.4 is 11.3 Å². The number of morpholine rings is 1. The SMILES string of the molecule is CC1CN(Cc2ccc(C(=O)NN)o2)CC(C)O1. The van der Waals surface area contributed by atoms with Crippen LogP contribution >= 0.6 is 0 Å². The van der Waals surface area contributed by atoms with Gasteiger partial charge < -0.3 is 9.15 Å². The fourth-order valence-corrected chi connectivity index (χ4v) is 2.29. The highest BCUT2D eigenvalue weighted by atomic mass is 16.5. The summed E-state index contributed by atoms with van der Waals surface area (Å²) in [5.41, 5.74) is 2.05. The summed E-state index contributed by atoms with van der Waals surface area (Å²) < 4.78 is 11.1. The second-order valence-electron chi connectivity index (χ2n) is 4.69. The summed E-state index contributed by atoms with van der Waals surface area (Å²) in [6, 6.07) is 3.43. The molecule has 6 heteroatoms. The number of hydrazine groups is 1. The number of rotatable bonds is 3. The largest absolute Gasteiger partial charge is 0.455 e. The summed E-state index contributed by atoms with van der Waals surface area (Å²) in [6.45, 7) is 6.51. The van der Waals surface area contributed by atoms with Crippen LogP contribution in [0.5, 0.6) is 0 Å². The molecule has 2 unspecified atom stereocenters. The Bertz CT molecular complexity index is 408. The monoisotopic (exact) mass is 253 g/mol. The van der Waals surface area contributed by atoms with E-state index in [4.69, 9.17) is 15.0 Å². The van der Waals surface area contributed by atoms with Gasteiger partial charge in [0.15, 0.2) is 5.76 Å². The third-order valence-electron chi connectivity index (χ3n) is 2.89. The molecule has 1 aliphatic heterocycles. The van der Waals surface area contributed by atoms with Crippen molar-refractivity contribution in [3.8, 4) is 0 Å². The molecule has 0 saturated carbocycles. The van der Waals surface area contributed by atoms with Crippen molar-refractivity contribution in [2.75, 3.05) is 13.1 Å². The van der Waals surface area contributed by atoms with Crippen molar-refractivity contribution in [3.63, 3.8) is 0 Å². The van der Waals surface area contributed by atoms with Gasteiger partial charge in [-0.25, -0.2) is 5.84 Å². The van der Waals surface area contributed by atoms with Gasteiger partial charge in [-0.3, -0.25) is 15.1 Å². The molecular weight excluding hydrogens is 234 g/mol. The van der Waals surface area contributed by atoms with Gasteiger partial charge in [0.2, 0.25) is 0 Å². The Morgan fingerprint density at radius 3 is 2.72 bits per heavy atom. The molecule has 18 heavy (non-hydrogen) atoms. The lowest BCUT2D eigenvalue weighted by Gasteiger charge is -2.34. The van der Waals surface area contributed by atoms with Gasteiger partial charge in [0, 0.05) is 13.1 Å². The van der Waals surface area contributed by atoms with E-state index >= 15 is 0 Å². The molecule has 0 radical (unpaired) electrons. The van der Waals surface area contributed by atoms with E-state index in [1.54, 1.807) is 12.1 Å². The Morgan fingerprint density at radius 2 is 2.11 bits per heavy atom. The molecule has 2 rings (SSSR count). The standard InChI is InChI=1S/C12H19N3O3/c1-8-5-15(6-9(2)17-8)7-10-3-4-11(18-10)12(16)14-13/h3-4,8-9H,5-7,13H2,1-2H3,(H,14,16). The minimum absolute atomic E-state index is 0.218. The Balaban J connectivity index is 1.96. The number of nitrogens with zero attached hydrogens (tertiary/aromatic N) is 1. The molecule has 1 fully saturated rings. The topological polar surface area (TPSA) is 80.7 Å². The summed E-state index contributed by atoms with van der Waals surface area (Å²) in [7, 11) is 0. The van der Waals surface area contributed by atoms with Gasteiger partial charge in [0.25, 0.3) is 0 Å². The van der Waals surface area contributed by atoms with Crippen LogP contribution in [0.2, 0.25) is 0 Å². The van der Waals surface area contributed by atoms with Crippen LogP contribution in [0, 0.1) is 0 Å². The molecule has 0 aliphatic carbocycles. The highest BCUT2D eigenvalue weighted by molar-refractivity contribution is 5.90. The maximum Gasteiger partial charge on any atom is 0.300 e. The van der Waals surface area contributed by atoms with Crippen LogP contribution in [0.4, 0.5) is 0 Å². The molecule has 100 valence electrons. The van der Waals surface area contributed by atoms with E-state index in [1.807, 2.05) is 5.43 Å². The maximum atomic E-state index is 11.3. The molecule has 1 amide bonds. The first kappa shape index (κ1) is 13.1. The third kappa shape index (κ3) is 3.10. The van der Waals surface area contributed by atoms with Crippen molar-refractivity contribution in [1.29, 1.82) is 0 Å². The Labute approximate surface area is 106 Å². The van der Waals surface area contributed by atoms with Gasteiger partial charge in [0.1, 0.15) is 5.76 Å². The van der Waals surface area contributed by atoms with Gasteiger partial charge in [-0.15, -0.1) is 0 Å². The zero-order chi connectivity index (χ0) is 13.1. The minimum atomic E-state index is -0.412. The molecule has 1 aromatic heterocycles. The van der Waals surface area contributed by atoms with E-state index in [0.717, 1.165) is 18.8 Å². The number of amides is 1. The molecule has 2 heterocycles. The number of hydrogen-bond donors (Lipinski definition) is 2. The Kier molecular flexibility index (Phi) is 4.00. The van der Waals surface area contributed by atoms with Gasteiger partial charge in [0.05, 0.1) is 18.8 Å². The lowest BCUT2D eigenvalue weighted by Crippen LogP contribution is -2.44. The summed E-state index contributed by atoms with van der Waals surface area (Å²) in [5, 5.41) is 0. The van der Waals surface area contributed by atoms with Crippen LogP contribution in [-0.4, -0.2) is 36.1 Å². The molecule has 1 saturated heterocycles. The predicted molar refractivity (Wildman–Crippen MR) is 65.6 cm³/mol. The quantitative estimate of drug-likeness (QED) is 0.465. The van der Waals surface area contributed by atoms with Crippen molar-refractivity contribution in [1.82, 2.24) is 10.3 Å². The summed E-state index contributed by atoms with van der Waals surface area (Å²) in [4.78, 5) is 13.5. The van der Waals surface area contributed by atoms with E-state index in [9.17, 15) is 4.79 Å². The molecule has 3 N–H and O–H groups in total. The molecule has 1 aromatic rings. The minimum Gasteiger partial charge on any atom is -0.455 e. The van der Waals surface area contributed by atoms with Crippen molar-refractivity contribution in [2.24, 2.45) is 5.84 Å². The van der Waals surface area contributed by atoms with Gasteiger partial charge >= 0.3 is 5.91 Å². The van der Waals surface area contributed by atoms with Crippen molar-refractivity contribution >= 4 is 5.91 Å². The number of hydrogen-bond acceptors (Lipinski definition) is 5. The summed E-state index contributed by atoms with van der Waals surface area (Å²) in [5.74, 6) is 5.63. The highest BCUT2D eigenvalue weighted by Crippen LogP contribution is 2.16. The number of ether oxygens (including phenoxy) is 1. The van der Waals surface area contributed by atoms with Crippen molar-refractivity contribution in [2.45, 2.75) is 32.6 Å². The van der Waals surface area contributed by atoms with E-state index < -0.39 is 5.91 Å². The lowest BCUT2D eigenvalue weighted by atomic mass is 10.2. The molecular formula is C12H19N3O3. The molecule has 0 bridgehead atoms. The molecule has 2 atom stereocenters. The number of nitrogens with one attached hydrogen (secondary N) is 1. The molecule has 1 aliphatic rings. The van der Waals surface area contributed by atoms with Gasteiger partial charge in [-0.1, -0.05) is 0 Å². The number of carbonyl (C=O) groups is 1. The zero-order valence-corrected chi connectivity index (χ0v) is 10.7. The van der Waals surface area contributed by atoms with Crippen LogP contribution in [-0.2, 0) is 11.3 Å². The van der Waals surface area contributed by atoms with Crippen LogP contribution in [0.3, 0.4) is 0 Å². The number of nitrogens with two attached hydrogens (primary N) is 1. The van der Waals surface area contributed by atoms with Gasteiger partial charge in [-0.05, 0) is 26.0 Å². The lowest BCUT2D eigenvalue weighted by molar-refractivity contribution is -0.0718. The molecule has 0 spiro atoms. The van der Waals surface area contributed by atoms with Crippen LogP contribution in [0.1, 0.15) is 30.2 Å². The Hall–Kier alpha value is -1.37. The first-order valence-corrected chi connectivity index (χ1v) is 6.06. The molecule has 0 aromatic carbocycles. The number of carbonyl (C=O) groups excluding carboxylic acids is 1. The van der Waals surface area contributed by atoms with Crippen molar-refractivity contribution in [3.05, 3.63) is 23.7 Å². The van der Waals surface area contributed by atoms with Crippen molar-refractivity contribution < 1.29 is 13.9 Å². The average molecular weight is 253 g/mol. The second-order valence-corrected chi connectivity index (χ2v) is 4.69. The zero-order valence-electron chi connectivity index (χ0n) is 10.7. The van der Waals surface area contributed by atoms with Crippen LogP contribution in [0.15, 0.2) is 16.5 Å². The maximum absolute atomic E-state index is 11.3. The first-order valence-electron chi connectivity index (χ1n) is 6.06. The summed E-state index contributed by atoms with van der Waals surface area (Å²) >= 11 is 0. The highest BCUT2D eigenvalue weighted by Gasteiger charge is 2.23. The average Bonchev–Trinajstić information content (AvgIpc) is 2.75.